The quantitative estimate of drug-likeness (QED) is 0.484. The van der Waals surface area contributed by atoms with Crippen LogP contribution in [-0.4, -0.2) is 36.3 Å². The van der Waals surface area contributed by atoms with Crippen LogP contribution in [0.3, 0.4) is 0 Å². The Hall–Kier alpha value is -1.32. The van der Waals surface area contributed by atoms with Crippen molar-refractivity contribution in [1.82, 2.24) is 10.2 Å². The van der Waals surface area contributed by atoms with Crippen molar-refractivity contribution in [3.05, 3.63) is 12.2 Å². The number of unbranched alkanes of at least 4 members (excludes halogenated alkanes) is 1. The van der Waals surface area contributed by atoms with Crippen molar-refractivity contribution in [3.63, 3.8) is 0 Å². The van der Waals surface area contributed by atoms with Crippen LogP contribution in [0.25, 0.3) is 0 Å². The fourth-order valence-electron chi connectivity index (χ4n) is 5.43. The zero-order chi connectivity index (χ0) is 19.8. The summed E-state index contributed by atoms with van der Waals surface area (Å²) in [5, 5.41) is 3.09. The van der Waals surface area contributed by atoms with E-state index in [1.54, 1.807) is 0 Å². The van der Waals surface area contributed by atoms with E-state index in [0.717, 1.165) is 50.2 Å². The Morgan fingerprint density at radius 1 is 1.07 bits per heavy atom. The standard InChI is InChI=1S/C24H40N2O2/c1-2-19-8-7-9-20(16-19)17-25-23(27)12-5-6-13-24(28)26-15-14-21-10-3-4-11-22(21)18-26/h7,9,19-22H,2-6,8,10-18H2,1H3,(H,25,27). The zero-order valence-electron chi connectivity index (χ0n) is 17.8. The van der Waals surface area contributed by atoms with Gasteiger partial charge in [0.05, 0.1) is 0 Å². The highest BCUT2D eigenvalue weighted by Gasteiger charge is 2.32. The minimum Gasteiger partial charge on any atom is -0.356 e. The molecule has 1 N–H and O–H groups in total. The van der Waals surface area contributed by atoms with E-state index in [1.807, 2.05) is 0 Å². The molecule has 3 aliphatic rings. The fraction of sp³-hybridized carbons (Fsp3) is 0.833. The third-order valence-electron chi connectivity index (χ3n) is 7.34. The molecule has 158 valence electrons. The Bertz CT molecular complexity index is 545. The largest absolute Gasteiger partial charge is 0.356 e. The topological polar surface area (TPSA) is 49.4 Å². The Morgan fingerprint density at radius 3 is 2.68 bits per heavy atom. The molecule has 2 amide bonds. The molecule has 4 unspecified atom stereocenters. The first-order valence-corrected chi connectivity index (χ1v) is 11.9. The van der Waals surface area contributed by atoms with Crippen LogP contribution in [0, 0.1) is 23.7 Å². The molecule has 4 atom stereocenters. The molecular weight excluding hydrogens is 348 g/mol. The summed E-state index contributed by atoms with van der Waals surface area (Å²) in [6.45, 7) is 4.95. The molecule has 0 aromatic heterocycles. The summed E-state index contributed by atoms with van der Waals surface area (Å²) in [5.41, 5.74) is 0. The highest BCUT2D eigenvalue weighted by Crippen LogP contribution is 2.36. The number of nitrogens with one attached hydrogen (secondary N) is 1. The minimum atomic E-state index is 0.141. The summed E-state index contributed by atoms with van der Waals surface area (Å²) in [6.07, 6.45) is 17.6. The van der Waals surface area contributed by atoms with Gasteiger partial charge in [-0.2, -0.15) is 0 Å². The predicted molar refractivity (Wildman–Crippen MR) is 114 cm³/mol. The number of carbonyl (C=O) groups excluding carboxylic acids is 2. The van der Waals surface area contributed by atoms with Gasteiger partial charge in [0.1, 0.15) is 0 Å². The lowest BCUT2D eigenvalue weighted by atomic mass is 9.75. The third kappa shape index (κ3) is 6.35. The molecule has 4 heteroatoms. The molecule has 0 radical (unpaired) electrons. The number of rotatable bonds is 8. The van der Waals surface area contributed by atoms with E-state index < -0.39 is 0 Å². The van der Waals surface area contributed by atoms with Crippen LogP contribution >= 0.6 is 0 Å². The SMILES string of the molecule is CCC1CC=CC(CNC(=O)CCCCC(=O)N2CCC3CCCCC3C2)C1. The van der Waals surface area contributed by atoms with Gasteiger partial charge in [-0.1, -0.05) is 44.8 Å². The lowest BCUT2D eigenvalue weighted by Crippen LogP contribution is -2.44. The lowest BCUT2D eigenvalue weighted by Gasteiger charge is -2.41. The van der Waals surface area contributed by atoms with E-state index in [0.29, 0.717) is 24.7 Å². The molecule has 0 aromatic rings. The van der Waals surface area contributed by atoms with Crippen LogP contribution < -0.4 is 5.32 Å². The number of allylic oxidation sites excluding steroid dienone is 1. The molecule has 2 fully saturated rings. The maximum absolute atomic E-state index is 12.5. The normalized spacial score (nSPS) is 30.0. The van der Waals surface area contributed by atoms with Crippen LogP contribution in [0.1, 0.15) is 84.0 Å². The molecule has 0 aromatic carbocycles. The summed E-state index contributed by atoms with van der Waals surface area (Å²) in [4.78, 5) is 26.7. The highest BCUT2D eigenvalue weighted by molar-refractivity contribution is 5.77. The van der Waals surface area contributed by atoms with Crippen LogP contribution in [0.2, 0.25) is 0 Å². The number of likely N-dealkylation sites (tertiary alicyclic amines) is 1. The van der Waals surface area contributed by atoms with Crippen LogP contribution in [-0.2, 0) is 9.59 Å². The number of fused-ring (bicyclic) bond motifs is 1. The second-order valence-corrected chi connectivity index (χ2v) is 9.38. The van der Waals surface area contributed by atoms with Gasteiger partial charge in [0.15, 0.2) is 0 Å². The van der Waals surface area contributed by atoms with E-state index in [1.165, 1.54) is 51.4 Å². The van der Waals surface area contributed by atoms with Crippen molar-refractivity contribution in [1.29, 1.82) is 0 Å². The summed E-state index contributed by atoms with van der Waals surface area (Å²) in [5.74, 6) is 3.33. The molecule has 2 aliphatic carbocycles. The number of nitrogens with zero attached hydrogens (tertiary/aromatic N) is 1. The lowest BCUT2D eigenvalue weighted by molar-refractivity contribution is -0.134. The van der Waals surface area contributed by atoms with Crippen molar-refractivity contribution >= 4 is 11.8 Å². The molecule has 1 heterocycles. The van der Waals surface area contributed by atoms with Crippen molar-refractivity contribution in [3.8, 4) is 0 Å². The van der Waals surface area contributed by atoms with Gasteiger partial charge in [-0.05, 0) is 62.2 Å². The van der Waals surface area contributed by atoms with Gasteiger partial charge >= 0.3 is 0 Å². The van der Waals surface area contributed by atoms with Gasteiger partial charge in [0, 0.05) is 32.5 Å². The van der Waals surface area contributed by atoms with Crippen molar-refractivity contribution in [2.75, 3.05) is 19.6 Å². The molecule has 0 bridgehead atoms. The summed E-state index contributed by atoms with van der Waals surface area (Å²) in [6, 6.07) is 0. The van der Waals surface area contributed by atoms with Gasteiger partial charge in [0.2, 0.25) is 11.8 Å². The monoisotopic (exact) mass is 388 g/mol. The molecule has 1 aliphatic heterocycles. The minimum absolute atomic E-state index is 0.141. The van der Waals surface area contributed by atoms with E-state index in [9.17, 15) is 9.59 Å². The summed E-state index contributed by atoms with van der Waals surface area (Å²) >= 11 is 0. The Labute approximate surface area is 171 Å². The van der Waals surface area contributed by atoms with Crippen molar-refractivity contribution < 1.29 is 9.59 Å². The van der Waals surface area contributed by atoms with Gasteiger partial charge in [-0.25, -0.2) is 0 Å². The molecule has 4 nitrogen and oxygen atoms in total. The Morgan fingerprint density at radius 2 is 1.86 bits per heavy atom. The Balaban J connectivity index is 1.26. The number of hydrogen-bond donors (Lipinski definition) is 1. The molecule has 1 saturated heterocycles. The second kappa shape index (κ2) is 11.0. The highest BCUT2D eigenvalue weighted by atomic mass is 16.2. The molecule has 3 rings (SSSR count). The average Bonchev–Trinajstić information content (AvgIpc) is 2.75. The van der Waals surface area contributed by atoms with Crippen LogP contribution in [0.5, 0.6) is 0 Å². The average molecular weight is 389 g/mol. The molecular formula is C24H40N2O2. The van der Waals surface area contributed by atoms with E-state index in [2.05, 4.69) is 29.3 Å². The first-order chi connectivity index (χ1) is 13.7. The van der Waals surface area contributed by atoms with E-state index in [4.69, 9.17) is 0 Å². The van der Waals surface area contributed by atoms with Crippen LogP contribution in [0.15, 0.2) is 12.2 Å². The molecule has 0 spiro atoms. The smallest absolute Gasteiger partial charge is 0.222 e. The van der Waals surface area contributed by atoms with Gasteiger partial charge in [0.25, 0.3) is 0 Å². The summed E-state index contributed by atoms with van der Waals surface area (Å²) < 4.78 is 0. The maximum Gasteiger partial charge on any atom is 0.222 e. The van der Waals surface area contributed by atoms with E-state index >= 15 is 0 Å². The fourth-order valence-corrected chi connectivity index (χ4v) is 5.43. The van der Waals surface area contributed by atoms with Crippen LogP contribution in [0.4, 0.5) is 0 Å². The zero-order valence-corrected chi connectivity index (χ0v) is 17.8. The van der Waals surface area contributed by atoms with Gasteiger partial charge < -0.3 is 10.2 Å². The second-order valence-electron chi connectivity index (χ2n) is 9.38. The van der Waals surface area contributed by atoms with Crippen molar-refractivity contribution in [2.45, 2.75) is 84.0 Å². The third-order valence-corrected chi connectivity index (χ3v) is 7.34. The van der Waals surface area contributed by atoms with E-state index in [-0.39, 0.29) is 5.91 Å². The van der Waals surface area contributed by atoms with Gasteiger partial charge in [-0.3, -0.25) is 9.59 Å². The number of amides is 2. The first kappa shape index (κ1) is 21.4. The summed E-state index contributed by atoms with van der Waals surface area (Å²) in [7, 11) is 0. The molecule has 28 heavy (non-hydrogen) atoms. The van der Waals surface area contributed by atoms with Crippen molar-refractivity contribution in [2.24, 2.45) is 23.7 Å². The maximum atomic E-state index is 12.5. The molecule has 1 saturated carbocycles. The number of carbonyl (C=O) groups is 2. The number of hydrogen-bond acceptors (Lipinski definition) is 2. The number of piperidine rings is 1. The van der Waals surface area contributed by atoms with Gasteiger partial charge in [-0.15, -0.1) is 0 Å². The first-order valence-electron chi connectivity index (χ1n) is 11.9. The Kier molecular flexibility index (Phi) is 8.42. The predicted octanol–water partition coefficient (Wildman–Crippen LogP) is 4.69.